The van der Waals surface area contributed by atoms with Gasteiger partial charge >= 0.3 is 0 Å². The summed E-state index contributed by atoms with van der Waals surface area (Å²) in [7, 11) is -3.33. The molecule has 0 atom stereocenters. The number of sulfonamides is 2. The Morgan fingerprint density at radius 3 is 1.69 bits per heavy atom. The second kappa shape index (κ2) is 13.9. The van der Waals surface area contributed by atoms with Gasteiger partial charge in [-0.05, 0) is 61.9 Å². The number of likely N-dealkylation sites (N-methyl/N-ethyl adjacent to an activating group) is 1. The average molecular weight is 648 g/mol. The molecule has 11 heteroatoms. The second-order valence-electron chi connectivity index (χ2n) is 11.2. The van der Waals surface area contributed by atoms with Gasteiger partial charge in [0.15, 0.2) is 0 Å². The van der Waals surface area contributed by atoms with Gasteiger partial charge in [-0.2, -0.15) is 0 Å². The van der Waals surface area contributed by atoms with Crippen LogP contribution in [0.5, 0.6) is 0 Å². The first-order valence-electron chi connectivity index (χ1n) is 15.1. The van der Waals surface area contributed by atoms with E-state index in [1.54, 1.807) is 54.6 Å². The van der Waals surface area contributed by atoms with Gasteiger partial charge in [0, 0.05) is 46.8 Å². The monoisotopic (exact) mass is 647 g/mol. The molecule has 5 rings (SSSR count). The van der Waals surface area contributed by atoms with Gasteiger partial charge in [-0.3, -0.25) is 8.61 Å². The number of nitrogens with one attached hydrogen (secondary N) is 1. The molecule has 4 aromatic carbocycles. The molecule has 45 heavy (non-hydrogen) atoms. The fourth-order valence-corrected chi connectivity index (χ4v) is 8.27. The molecule has 1 heterocycles. The maximum Gasteiger partial charge on any atom is 0.266 e. The van der Waals surface area contributed by atoms with E-state index in [9.17, 15) is 16.8 Å². The summed E-state index contributed by atoms with van der Waals surface area (Å²) < 4.78 is 59.8. The zero-order valence-electron chi connectivity index (χ0n) is 26.0. The highest BCUT2D eigenvalue weighted by atomic mass is 32.2. The summed E-state index contributed by atoms with van der Waals surface area (Å²) in [5.41, 5.74) is 3.01. The number of para-hydroxylation sites is 2. The number of benzene rings is 4. The highest BCUT2D eigenvalue weighted by Crippen LogP contribution is 2.38. The third-order valence-electron chi connectivity index (χ3n) is 8.22. The number of rotatable bonds is 12. The minimum absolute atomic E-state index is 0.0479. The van der Waals surface area contributed by atoms with E-state index < -0.39 is 20.0 Å². The first-order valence-corrected chi connectivity index (χ1v) is 17.9. The quantitative estimate of drug-likeness (QED) is 0.213. The number of hydrogen-bond acceptors (Lipinski definition) is 7. The van der Waals surface area contributed by atoms with E-state index in [1.807, 2.05) is 42.3 Å². The van der Waals surface area contributed by atoms with E-state index >= 15 is 0 Å². The zero-order valence-corrected chi connectivity index (χ0v) is 27.6. The average Bonchev–Trinajstić information content (AvgIpc) is 3.07. The molecule has 0 bridgehead atoms. The van der Waals surface area contributed by atoms with E-state index in [4.69, 9.17) is 0 Å². The SMILES string of the molecule is CN1CCN(c2cc(NCCCc3ccccc3)c(S(=O)(=O)N(C)c3ccccc3)cc2S(=O)(=O)N(C)c2ccccc2)CC1. The summed E-state index contributed by atoms with van der Waals surface area (Å²) in [6.07, 6.45) is 1.58. The lowest BCUT2D eigenvalue weighted by Gasteiger charge is -2.36. The van der Waals surface area contributed by atoms with Crippen LogP contribution in [-0.4, -0.2) is 75.6 Å². The Hall–Kier alpha value is -4.06. The molecule has 0 spiro atoms. The molecular weight excluding hydrogens is 607 g/mol. The summed E-state index contributed by atoms with van der Waals surface area (Å²) >= 11 is 0. The summed E-state index contributed by atoms with van der Waals surface area (Å²) in [6, 6.07) is 30.8. The standard InChI is InChI=1S/C34H41N5O4S2/c1-36-22-24-39(25-23-36)32-26-31(35-21-13-16-28-14-7-4-8-15-28)33(44(40,41)37(2)29-17-9-5-10-18-29)27-34(32)45(42,43)38(3)30-19-11-6-12-20-30/h4-12,14-15,17-20,26-27,35H,13,16,21-25H2,1-3H3. The third kappa shape index (κ3) is 7.27. The van der Waals surface area contributed by atoms with Crippen molar-refractivity contribution < 1.29 is 16.8 Å². The van der Waals surface area contributed by atoms with Crippen molar-refractivity contribution in [3.8, 4) is 0 Å². The molecule has 0 radical (unpaired) electrons. The molecule has 238 valence electrons. The Morgan fingerprint density at radius 1 is 0.667 bits per heavy atom. The van der Waals surface area contributed by atoms with Crippen molar-refractivity contribution in [3.63, 3.8) is 0 Å². The molecule has 0 aliphatic carbocycles. The van der Waals surface area contributed by atoms with E-state index in [-0.39, 0.29) is 9.79 Å². The molecule has 4 aromatic rings. The Kier molecular flexibility index (Phi) is 10.0. The topological polar surface area (TPSA) is 93.3 Å². The van der Waals surface area contributed by atoms with E-state index in [0.29, 0.717) is 42.4 Å². The van der Waals surface area contributed by atoms with Crippen LogP contribution in [0.4, 0.5) is 22.7 Å². The Bertz CT molecular complexity index is 1780. The van der Waals surface area contributed by atoms with Crippen LogP contribution in [0.15, 0.2) is 113 Å². The van der Waals surface area contributed by atoms with Crippen molar-refractivity contribution in [2.75, 3.05) is 72.7 Å². The van der Waals surface area contributed by atoms with Crippen LogP contribution < -0.4 is 18.8 Å². The van der Waals surface area contributed by atoms with Crippen LogP contribution in [-0.2, 0) is 26.5 Å². The van der Waals surface area contributed by atoms with Gasteiger partial charge in [0.25, 0.3) is 20.0 Å². The number of anilines is 4. The van der Waals surface area contributed by atoms with Crippen LogP contribution in [0.1, 0.15) is 12.0 Å². The van der Waals surface area contributed by atoms with Crippen LogP contribution in [0, 0.1) is 0 Å². The normalized spacial score (nSPS) is 14.2. The third-order valence-corrected chi connectivity index (χ3v) is 11.9. The smallest absolute Gasteiger partial charge is 0.266 e. The molecule has 0 amide bonds. The number of piperazine rings is 1. The van der Waals surface area contributed by atoms with Crippen LogP contribution in [0.2, 0.25) is 0 Å². The molecule has 0 unspecified atom stereocenters. The van der Waals surface area contributed by atoms with Gasteiger partial charge in [-0.1, -0.05) is 66.7 Å². The first-order chi connectivity index (χ1) is 21.6. The number of nitrogens with zero attached hydrogens (tertiary/aromatic N) is 4. The van der Waals surface area contributed by atoms with Crippen molar-refractivity contribution in [2.24, 2.45) is 0 Å². The predicted octanol–water partition coefficient (Wildman–Crippen LogP) is 5.13. The lowest BCUT2D eigenvalue weighted by molar-refractivity contribution is 0.312. The van der Waals surface area contributed by atoms with Crippen LogP contribution in [0.25, 0.3) is 0 Å². The highest BCUT2D eigenvalue weighted by Gasteiger charge is 2.34. The Balaban J connectivity index is 1.62. The lowest BCUT2D eigenvalue weighted by Crippen LogP contribution is -2.45. The highest BCUT2D eigenvalue weighted by molar-refractivity contribution is 7.93. The predicted molar refractivity (Wildman–Crippen MR) is 183 cm³/mol. The largest absolute Gasteiger partial charge is 0.384 e. The maximum absolute atomic E-state index is 14.4. The fraction of sp³-hybridized carbons (Fsp3) is 0.294. The summed E-state index contributed by atoms with van der Waals surface area (Å²) in [5.74, 6) is 0. The van der Waals surface area contributed by atoms with E-state index in [1.165, 1.54) is 34.3 Å². The molecule has 1 aliphatic heterocycles. The Morgan fingerprint density at radius 2 is 1.16 bits per heavy atom. The van der Waals surface area contributed by atoms with Crippen molar-refractivity contribution in [3.05, 3.63) is 109 Å². The summed E-state index contributed by atoms with van der Waals surface area (Å²) in [6.45, 7) is 3.23. The summed E-state index contributed by atoms with van der Waals surface area (Å²) in [5, 5.41) is 3.37. The minimum atomic E-state index is -4.18. The van der Waals surface area contributed by atoms with Gasteiger partial charge in [0.1, 0.15) is 9.79 Å². The summed E-state index contributed by atoms with van der Waals surface area (Å²) in [4.78, 5) is 4.09. The molecule has 0 saturated carbocycles. The minimum Gasteiger partial charge on any atom is -0.384 e. The second-order valence-corrected chi connectivity index (χ2v) is 15.1. The van der Waals surface area contributed by atoms with Gasteiger partial charge < -0.3 is 15.1 Å². The molecule has 1 fully saturated rings. The van der Waals surface area contributed by atoms with Crippen molar-refractivity contribution in [1.82, 2.24) is 4.90 Å². The van der Waals surface area contributed by atoms with Crippen LogP contribution >= 0.6 is 0 Å². The first kappa shape index (κ1) is 32.3. The van der Waals surface area contributed by atoms with E-state index in [0.717, 1.165) is 25.9 Å². The fourth-order valence-electron chi connectivity index (χ4n) is 5.41. The number of hydrogen-bond donors (Lipinski definition) is 1. The lowest BCUT2D eigenvalue weighted by atomic mass is 10.1. The van der Waals surface area contributed by atoms with Gasteiger partial charge in [-0.15, -0.1) is 0 Å². The van der Waals surface area contributed by atoms with Gasteiger partial charge in [0.2, 0.25) is 0 Å². The van der Waals surface area contributed by atoms with Crippen molar-refractivity contribution in [1.29, 1.82) is 0 Å². The molecule has 1 saturated heterocycles. The van der Waals surface area contributed by atoms with Crippen molar-refractivity contribution >= 4 is 42.8 Å². The van der Waals surface area contributed by atoms with Crippen molar-refractivity contribution in [2.45, 2.75) is 22.6 Å². The molecule has 0 aromatic heterocycles. The van der Waals surface area contributed by atoms with Gasteiger partial charge in [0.05, 0.1) is 22.7 Å². The zero-order chi connectivity index (χ0) is 32.0. The molecular formula is C34H41N5O4S2. The number of aryl methyl sites for hydroxylation is 1. The maximum atomic E-state index is 14.4. The van der Waals surface area contributed by atoms with Crippen LogP contribution in [0.3, 0.4) is 0 Å². The molecule has 1 aliphatic rings. The van der Waals surface area contributed by atoms with E-state index in [2.05, 4.69) is 22.3 Å². The van der Waals surface area contributed by atoms with Gasteiger partial charge in [-0.25, -0.2) is 16.8 Å². The molecule has 1 N–H and O–H groups in total. The Labute approximate surface area is 267 Å². The molecule has 9 nitrogen and oxygen atoms in total.